The molecule has 0 unspecified atom stereocenters. The zero-order valence-corrected chi connectivity index (χ0v) is 13.8. The number of hydrogen-bond donors (Lipinski definition) is 1. The Morgan fingerprint density at radius 1 is 1.32 bits per heavy atom. The third-order valence-electron chi connectivity index (χ3n) is 3.21. The van der Waals surface area contributed by atoms with E-state index in [1.165, 1.54) is 0 Å². The second-order valence-electron chi connectivity index (χ2n) is 4.43. The molecule has 7 nitrogen and oxygen atoms in total. The molecule has 0 radical (unpaired) electrons. The molecular weight excluding hydrogens is 327 g/mol. The Labute approximate surface area is 140 Å². The zero-order valence-electron chi connectivity index (χ0n) is 12.2. The van der Waals surface area contributed by atoms with Crippen molar-refractivity contribution in [2.75, 3.05) is 38.2 Å². The van der Waals surface area contributed by atoms with Crippen LogP contribution in [-0.2, 0) is 0 Å². The van der Waals surface area contributed by atoms with Gasteiger partial charge in [0.05, 0.1) is 13.3 Å². The monoisotopic (exact) mass is 344 g/mol. The van der Waals surface area contributed by atoms with Crippen LogP contribution in [0.2, 0.25) is 0 Å². The molecule has 1 aliphatic rings. The average molecular weight is 345 g/mol. The first-order chi connectivity index (χ1) is 9.83. The summed E-state index contributed by atoms with van der Waals surface area (Å²) in [4.78, 5) is 15.4. The fourth-order valence-corrected chi connectivity index (χ4v) is 2.26. The minimum atomic E-state index is 0. The summed E-state index contributed by atoms with van der Waals surface area (Å²) in [5, 5.41) is 3.32. The number of methoxy groups -OCH3 is 1. The van der Waals surface area contributed by atoms with Crippen molar-refractivity contribution < 1.29 is 4.74 Å². The Hall–Kier alpha value is -1.79. The van der Waals surface area contributed by atoms with Crippen LogP contribution in [0.5, 0.6) is 6.01 Å². The Bertz CT molecular complexity index is 676. The SMILES string of the molecule is C=C=Cn1cnc2c(N3CCNCC3)nc(OC)nc21.Cl.Cl. The number of rotatable bonds is 3. The van der Waals surface area contributed by atoms with Gasteiger partial charge in [-0.15, -0.1) is 30.5 Å². The van der Waals surface area contributed by atoms with Crippen molar-refractivity contribution in [3.8, 4) is 6.01 Å². The minimum absolute atomic E-state index is 0. The molecule has 0 spiro atoms. The normalized spacial score (nSPS) is 13.8. The lowest BCUT2D eigenvalue weighted by Gasteiger charge is -2.28. The van der Waals surface area contributed by atoms with Gasteiger partial charge in [0, 0.05) is 26.2 Å². The first kappa shape index (κ1) is 18.3. The molecule has 1 saturated heterocycles. The van der Waals surface area contributed by atoms with Crippen LogP contribution in [0.15, 0.2) is 18.6 Å². The van der Waals surface area contributed by atoms with Gasteiger partial charge in [-0.05, 0) is 0 Å². The summed E-state index contributed by atoms with van der Waals surface area (Å²) >= 11 is 0. The van der Waals surface area contributed by atoms with Crippen molar-refractivity contribution in [2.24, 2.45) is 0 Å². The summed E-state index contributed by atoms with van der Waals surface area (Å²) in [6, 6.07) is 0.338. The topological polar surface area (TPSA) is 68.1 Å². The second-order valence-corrected chi connectivity index (χ2v) is 4.43. The molecule has 3 heterocycles. The fraction of sp³-hybridized carbons (Fsp3) is 0.385. The molecule has 1 N–H and O–H groups in total. The Morgan fingerprint density at radius 3 is 2.68 bits per heavy atom. The molecule has 120 valence electrons. The van der Waals surface area contributed by atoms with Crippen LogP contribution < -0.4 is 15.0 Å². The van der Waals surface area contributed by atoms with E-state index in [9.17, 15) is 0 Å². The fourth-order valence-electron chi connectivity index (χ4n) is 2.26. The standard InChI is InChI=1S/C13H16N6O.2ClH/c1-3-6-19-9-15-10-11(18-7-4-14-5-8-18)16-13(20-2)17-12(10)19;;/h6,9,14H,1,4-5,7-8H2,2H3;2*1H. The van der Waals surface area contributed by atoms with Gasteiger partial charge < -0.3 is 15.0 Å². The summed E-state index contributed by atoms with van der Waals surface area (Å²) in [5.74, 6) is 0.810. The van der Waals surface area contributed by atoms with Gasteiger partial charge in [0.15, 0.2) is 17.0 Å². The van der Waals surface area contributed by atoms with E-state index in [1.807, 2.05) is 0 Å². The summed E-state index contributed by atoms with van der Waals surface area (Å²) < 4.78 is 6.96. The maximum Gasteiger partial charge on any atom is 0.320 e. The maximum atomic E-state index is 5.20. The van der Waals surface area contributed by atoms with Crippen LogP contribution in [-0.4, -0.2) is 52.8 Å². The molecular formula is C13H18Cl2N6O. The molecule has 0 aromatic carbocycles. The minimum Gasteiger partial charge on any atom is -0.467 e. The molecule has 0 atom stereocenters. The third kappa shape index (κ3) is 3.34. The molecule has 2 aromatic heterocycles. The highest BCUT2D eigenvalue weighted by atomic mass is 35.5. The first-order valence-electron chi connectivity index (χ1n) is 6.43. The molecule has 1 aliphatic heterocycles. The highest BCUT2D eigenvalue weighted by Crippen LogP contribution is 2.25. The van der Waals surface area contributed by atoms with Gasteiger partial charge in [-0.3, -0.25) is 4.57 Å². The first-order valence-corrected chi connectivity index (χ1v) is 6.43. The molecule has 2 aromatic rings. The van der Waals surface area contributed by atoms with Crippen LogP contribution in [0.4, 0.5) is 5.82 Å². The number of piperazine rings is 1. The molecule has 22 heavy (non-hydrogen) atoms. The number of nitrogens with zero attached hydrogens (tertiary/aromatic N) is 5. The van der Waals surface area contributed by atoms with Crippen molar-refractivity contribution >= 4 is 48.0 Å². The quantitative estimate of drug-likeness (QED) is 0.847. The van der Waals surface area contributed by atoms with E-state index in [1.54, 1.807) is 24.2 Å². The van der Waals surface area contributed by atoms with Crippen molar-refractivity contribution in [3.63, 3.8) is 0 Å². The molecule has 9 heteroatoms. The molecule has 0 aliphatic carbocycles. The third-order valence-corrected chi connectivity index (χ3v) is 3.21. The van der Waals surface area contributed by atoms with Gasteiger partial charge in [0.1, 0.15) is 6.33 Å². The summed E-state index contributed by atoms with van der Waals surface area (Å²) in [5.41, 5.74) is 4.18. The highest BCUT2D eigenvalue weighted by Gasteiger charge is 2.19. The predicted octanol–water partition coefficient (Wildman–Crippen LogP) is 1.34. The maximum absolute atomic E-state index is 5.20. The van der Waals surface area contributed by atoms with Crippen LogP contribution in [0, 0.1) is 0 Å². The van der Waals surface area contributed by atoms with Gasteiger partial charge in [0.25, 0.3) is 0 Å². The van der Waals surface area contributed by atoms with Crippen molar-refractivity contribution in [3.05, 3.63) is 18.6 Å². The summed E-state index contributed by atoms with van der Waals surface area (Å²) in [6.07, 6.45) is 3.37. The van der Waals surface area contributed by atoms with E-state index >= 15 is 0 Å². The Balaban J connectivity index is 0.00000121. The smallest absolute Gasteiger partial charge is 0.320 e. The van der Waals surface area contributed by atoms with Crippen molar-refractivity contribution in [1.82, 2.24) is 24.8 Å². The van der Waals surface area contributed by atoms with E-state index in [0.29, 0.717) is 11.7 Å². The van der Waals surface area contributed by atoms with E-state index in [4.69, 9.17) is 4.74 Å². The van der Waals surface area contributed by atoms with E-state index in [0.717, 1.165) is 37.5 Å². The van der Waals surface area contributed by atoms with E-state index < -0.39 is 0 Å². The van der Waals surface area contributed by atoms with Gasteiger partial charge in [-0.25, -0.2) is 4.98 Å². The molecule has 3 rings (SSSR count). The number of imidazole rings is 1. The number of halogens is 2. The summed E-state index contributed by atoms with van der Waals surface area (Å²) in [7, 11) is 1.56. The average Bonchev–Trinajstić information content (AvgIpc) is 2.91. The lowest BCUT2D eigenvalue weighted by atomic mass is 10.3. The Morgan fingerprint density at radius 2 is 2.05 bits per heavy atom. The number of hydrogen-bond acceptors (Lipinski definition) is 6. The predicted molar refractivity (Wildman–Crippen MR) is 91.4 cm³/mol. The Kier molecular flexibility index (Phi) is 6.64. The number of anilines is 1. The van der Waals surface area contributed by atoms with Crippen molar-refractivity contribution in [2.45, 2.75) is 0 Å². The second kappa shape index (κ2) is 8.00. The van der Waals surface area contributed by atoms with E-state index in [2.05, 4.69) is 37.5 Å². The van der Waals surface area contributed by atoms with Crippen LogP contribution in [0.1, 0.15) is 0 Å². The molecule has 0 amide bonds. The molecule has 0 saturated carbocycles. The lowest BCUT2D eigenvalue weighted by molar-refractivity contribution is 0.381. The number of nitrogens with one attached hydrogen (secondary N) is 1. The van der Waals surface area contributed by atoms with Crippen LogP contribution >= 0.6 is 24.8 Å². The van der Waals surface area contributed by atoms with Crippen LogP contribution in [0.25, 0.3) is 17.4 Å². The van der Waals surface area contributed by atoms with Crippen LogP contribution in [0.3, 0.4) is 0 Å². The number of aromatic nitrogens is 4. The largest absolute Gasteiger partial charge is 0.467 e. The van der Waals surface area contributed by atoms with Gasteiger partial charge in [-0.2, -0.15) is 9.97 Å². The zero-order chi connectivity index (χ0) is 13.9. The van der Waals surface area contributed by atoms with Crippen molar-refractivity contribution in [1.29, 1.82) is 0 Å². The number of fused-ring (bicyclic) bond motifs is 1. The van der Waals surface area contributed by atoms with Gasteiger partial charge in [0.2, 0.25) is 0 Å². The summed E-state index contributed by atoms with van der Waals surface area (Å²) in [6.45, 7) is 7.21. The van der Waals surface area contributed by atoms with E-state index in [-0.39, 0.29) is 24.8 Å². The lowest BCUT2D eigenvalue weighted by Crippen LogP contribution is -2.44. The molecule has 0 bridgehead atoms. The molecule has 1 fully saturated rings. The van der Waals surface area contributed by atoms with Gasteiger partial charge >= 0.3 is 6.01 Å². The highest BCUT2D eigenvalue weighted by molar-refractivity contribution is 5.86. The van der Waals surface area contributed by atoms with Gasteiger partial charge in [-0.1, -0.05) is 6.58 Å². The number of ether oxygens (including phenoxy) is 1.